The predicted molar refractivity (Wildman–Crippen MR) is 67.0 cm³/mol. The molecule has 0 aliphatic heterocycles. The molecule has 0 unspecified atom stereocenters. The van der Waals surface area contributed by atoms with Crippen molar-refractivity contribution < 1.29 is 4.74 Å². The first-order chi connectivity index (χ1) is 7.79. The molecular weight excluding hydrogens is 268 g/mol. The minimum Gasteiger partial charge on any atom is -0.497 e. The van der Waals surface area contributed by atoms with E-state index in [4.69, 9.17) is 4.74 Å². The molecule has 0 aliphatic carbocycles. The molecule has 0 bridgehead atoms. The van der Waals surface area contributed by atoms with Gasteiger partial charge in [0.1, 0.15) is 16.0 Å². The molecule has 2 aromatic heterocycles. The van der Waals surface area contributed by atoms with Gasteiger partial charge in [0.05, 0.1) is 18.8 Å². The van der Waals surface area contributed by atoms with Crippen LogP contribution in [-0.4, -0.2) is 16.5 Å². The first-order valence-electron chi connectivity index (χ1n) is 4.89. The second-order valence-electron chi connectivity index (χ2n) is 3.53. The number of imidazole rings is 1. The van der Waals surface area contributed by atoms with Gasteiger partial charge in [0.15, 0.2) is 0 Å². The van der Waals surface area contributed by atoms with Crippen LogP contribution in [0.5, 0.6) is 5.75 Å². The largest absolute Gasteiger partial charge is 0.497 e. The summed E-state index contributed by atoms with van der Waals surface area (Å²) in [6, 6.07) is 10.1. The van der Waals surface area contributed by atoms with Crippen LogP contribution in [-0.2, 0) is 0 Å². The van der Waals surface area contributed by atoms with Crippen molar-refractivity contribution in [3.63, 3.8) is 0 Å². The van der Waals surface area contributed by atoms with Crippen molar-refractivity contribution in [3.05, 3.63) is 41.1 Å². The minimum absolute atomic E-state index is 0.848. The summed E-state index contributed by atoms with van der Waals surface area (Å²) in [5, 5.41) is 1.16. The molecule has 1 aromatic carbocycles. The molecule has 0 saturated heterocycles. The van der Waals surface area contributed by atoms with Crippen LogP contribution in [0.3, 0.4) is 0 Å². The summed E-state index contributed by atoms with van der Waals surface area (Å²) >= 11 is 3.49. The third-order valence-electron chi connectivity index (χ3n) is 2.64. The number of pyridine rings is 1. The lowest BCUT2D eigenvalue weighted by Gasteiger charge is -2.05. The number of rotatable bonds is 1. The van der Waals surface area contributed by atoms with Gasteiger partial charge >= 0.3 is 0 Å². The highest BCUT2D eigenvalue weighted by Crippen LogP contribution is 2.25. The van der Waals surface area contributed by atoms with E-state index in [0.29, 0.717) is 0 Å². The van der Waals surface area contributed by atoms with Gasteiger partial charge in [0.2, 0.25) is 0 Å². The summed E-state index contributed by atoms with van der Waals surface area (Å²) in [6.07, 6.45) is 1.80. The quantitative estimate of drug-likeness (QED) is 0.682. The fourth-order valence-electron chi connectivity index (χ4n) is 1.85. The minimum atomic E-state index is 0.848. The fraction of sp³-hybridized carbons (Fsp3) is 0.0833. The highest BCUT2D eigenvalue weighted by Gasteiger charge is 2.05. The zero-order chi connectivity index (χ0) is 11.1. The van der Waals surface area contributed by atoms with E-state index in [1.807, 2.05) is 24.3 Å². The number of benzene rings is 1. The Morgan fingerprint density at radius 3 is 2.88 bits per heavy atom. The van der Waals surface area contributed by atoms with E-state index < -0.39 is 0 Å². The van der Waals surface area contributed by atoms with Gasteiger partial charge in [0.25, 0.3) is 0 Å². The molecule has 3 aromatic rings. The van der Waals surface area contributed by atoms with Gasteiger partial charge in [-0.1, -0.05) is 0 Å². The maximum absolute atomic E-state index is 5.24. The summed E-state index contributed by atoms with van der Waals surface area (Å²) in [5.41, 5.74) is 2.01. The van der Waals surface area contributed by atoms with E-state index in [1.54, 1.807) is 13.3 Å². The molecule has 80 valence electrons. The van der Waals surface area contributed by atoms with Crippen molar-refractivity contribution in [3.8, 4) is 5.75 Å². The van der Waals surface area contributed by atoms with E-state index in [9.17, 15) is 0 Å². The molecule has 0 atom stereocenters. The Morgan fingerprint density at radius 1 is 1.25 bits per heavy atom. The van der Waals surface area contributed by atoms with Crippen LogP contribution in [0.1, 0.15) is 0 Å². The molecular formula is C12H9BrN2O. The second kappa shape index (κ2) is 3.49. The normalized spacial score (nSPS) is 11.1. The van der Waals surface area contributed by atoms with Crippen molar-refractivity contribution in [2.75, 3.05) is 7.11 Å². The molecule has 0 saturated carbocycles. The molecule has 2 heterocycles. The highest BCUT2D eigenvalue weighted by molar-refractivity contribution is 9.10. The van der Waals surface area contributed by atoms with Crippen molar-refractivity contribution in [2.24, 2.45) is 0 Å². The van der Waals surface area contributed by atoms with Crippen LogP contribution in [0, 0.1) is 0 Å². The number of fused-ring (bicyclic) bond motifs is 3. The average molecular weight is 277 g/mol. The molecule has 3 nitrogen and oxygen atoms in total. The first kappa shape index (κ1) is 9.66. The predicted octanol–water partition coefficient (Wildman–Crippen LogP) is 3.26. The van der Waals surface area contributed by atoms with Crippen LogP contribution in [0.15, 0.2) is 41.1 Å². The van der Waals surface area contributed by atoms with Crippen molar-refractivity contribution in [1.82, 2.24) is 9.38 Å². The standard InChI is InChI=1S/C12H9BrN2O/c1-16-9-4-2-8-3-5-12-14-7-11(13)15(12)10(8)6-9/h2-7H,1H3. The van der Waals surface area contributed by atoms with E-state index >= 15 is 0 Å². The Labute approximate surface area is 101 Å². The van der Waals surface area contributed by atoms with Gasteiger partial charge in [-0.3, -0.25) is 4.40 Å². The van der Waals surface area contributed by atoms with Crippen LogP contribution in [0.25, 0.3) is 16.6 Å². The maximum atomic E-state index is 5.24. The monoisotopic (exact) mass is 276 g/mol. The van der Waals surface area contributed by atoms with Crippen LogP contribution >= 0.6 is 15.9 Å². The van der Waals surface area contributed by atoms with Gasteiger partial charge in [-0.25, -0.2) is 4.98 Å². The Kier molecular flexibility index (Phi) is 2.11. The molecule has 0 amide bonds. The Balaban J connectivity index is 2.51. The average Bonchev–Trinajstić information content (AvgIpc) is 2.71. The van der Waals surface area contributed by atoms with Crippen molar-refractivity contribution >= 4 is 32.5 Å². The third-order valence-corrected chi connectivity index (χ3v) is 3.20. The van der Waals surface area contributed by atoms with Gasteiger partial charge < -0.3 is 4.74 Å². The van der Waals surface area contributed by atoms with Gasteiger partial charge in [-0.2, -0.15) is 0 Å². The summed E-state index contributed by atoms with van der Waals surface area (Å²) in [4.78, 5) is 4.30. The first-order valence-corrected chi connectivity index (χ1v) is 5.68. The van der Waals surface area contributed by atoms with Crippen molar-refractivity contribution in [1.29, 1.82) is 0 Å². The van der Waals surface area contributed by atoms with Crippen LogP contribution in [0.4, 0.5) is 0 Å². The van der Waals surface area contributed by atoms with Crippen molar-refractivity contribution in [2.45, 2.75) is 0 Å². The number of aromatic nitrogens is 2. The van der Waals surface area contributed by atoms with E-state index in [-0.39, 0.29) is 0 Å². The third kappa shape index (κ3) is 1.30. The molecule has 3 rings (SSSR count). The number of methoxy groups -OCH3 is 1. The van der Waals surface area contributed by atoms with E-state index in [1.165, 1.54) is 0 Å². The van der Waals surface area contributed by atoms with Gasteiger partial charge in [-0.05, 0) is 45.6 Å². The molecule has 0 radical (unpaired) electrons. The highest BCUT2D eigenvalue weighted by atomic mass is 79.9. The number of hydrogen-bond donors (Lipinski definition) is 0. The van der Waals surface area contributed by atoms with Gasteiger partial charge in [0, 0.05) is 6.07 Å². The second-order valence-corrected chi connectivity index (χ2v) is 4.35. The lowest BCUT2D eigenvalue weighted by Crippen LogP contribution is -1.90. The van der Waals surface area contributed by atoms with E-state index in [0.717, 1.165) is 26.9 Å². The molecule has 0 aliphatic rings. The SMILES string of the molecule is COc1ccc2ccc3ncc(Br)n3c2c1. The number of hydrogen-bond acceptors (Lipinski definition) is 2. The van der Waals surface area contributed by atoms with Crippen LogP contribution < -0.4 is 4.74 Å². The zero-order valence-electron chi connectivity index (χ0n) is 8.64. The van der Waals surface area contributed by atoms with Crippen LogP contribution in [0.2, 0.25) is 0 Å². The summed E-state index contributed by atoms with van der Waals surface area (Å²) < 4.78 is 8.24. The number of ether oxygens (including phenoxy) is 1. The molecule has 16 heavy (non-hydrogen) atoms. The molecule has 4 heteroatoms. The fourth-order valence-corrected chi connectivity index (χ4v) is 2.32. The smallest absolute Gasteiger partial charge is 0.138 e. The summed E-state index contributed by atoms with van der Waals surface area (Å²) in [7, 11) is 1.67. The zero-order valence-corrected chi connectivity index (χ0v) is 10.2. The Hall–Kier alpha value is -1.55. The molecule has 0 N–H and O–H groups in total. The van der Waals surface area contributed by atoms with E-state index in [2.05, 4.69) is 31.4 Å². The lowest BCUT2D eigenvalue weighted by atomic mass is 10.2. The number of halogens is 1. The lowest BCUT2D eigenvalue weighted by molar-refractivity contribution is 0.415. The summed E-state index contributed by atoms with van der Waals surface area (Å²) in [6.45, 7) is 0. The number of nitrogens with zero attached hydrogens (tertiary/aromatic N) is 2. The Morgan fingerprint density at radius 2 is 2.06 bits per heavy atom. The topological polar surface area (TPSA) is 26.5 Å². The molecule has 0 fully saturated rings. The summed E-state index contributed by atoms with van der Waals surface area (Å²) in [5.74, 6) is 0.848. The Bertz CT molecular complexity index is 675. The van der Waals surface area contributed by atoms with Gasteiger partial charge in [-0.15, -0.1) is 0 Å². The molecule has 0 spiro atoms. The maximum Gasteiger partial charge on any atom is 0.138 e.